The summed E-state index contributed by atoms with van der Waals surface area (Å²) in [6.45, 7) is 1.61. The molecule has 0 saturated heterocycles. The number of benzene rings is 1. The van der Waals surface area contributed by atoms with Crippen LogP contribution in [0, 0.1) is 12.7 Å². The van der Waals surface area contributed by atoms with Gasteiger partial charge in [0, 0.05) is 25.6 Å². The van der Waals surface area contributed by atoms with Gasteiger partial charge in [0.15, 0.2) is 5.82 Å². The highest BCUT2D eigenvalue weighted by molar-refractivity contribution is 5.95. The Kier molecular flexibility index (Phi) is 5.71. The molecule has 1 aromatic carbocycles. The normalized spacial score (nSPS) is 12.5. The monoisotopic (exact) mass is 458 g/mol. The van der Waals surface area contributed by atoms with Crippen LogP contribution in [0.4, 0.5) is 17.6 Å². The highest BCUT2D eigenvalue weighted by Crippen LogP contribution is 2.29. The fourth-order valence-corrected chi connectivity index (χ4v) is 3.36. The van der Waals surface area contributed by atoms with Crippen LogP contribution >= 0.6 is 0 Å². The number of nitrogens with one attached hydrogen (secondary N) is 1. The predicted molar refractivity (Wildman–Crippen MR) is 110 cm³/mol. The van der Waals surface area contributed by atoms with E-state index in [-0.39, 0.29) is 11.4 Å². The van der Waals surface area contributed by atoms with Gasteiger partial charge in [0.2, 0.25) is 0 Å². The molecule has 1 atom stereocenters. The Morgan fingerprint density at radius 1 is 1.06 bits per heavy atom. The van der Waals surface area contributed by atoms with Gasteiger partial charge in [-0.25, -0.2) is 19.0 Å². The number of aromatic nitrogens is 5. The quantitative estimate of drug-likeness (QED) is 0.459. The molecule has 4 rings (SSSR count). The van der Waals surface area contributed by atoms with E-state index in [1.807, 2.05) is 0 Å². The summed E-state index contributed by atoms with van der Waals surface area (Å²) >= 11 is 0. The molecule has 0 saturated carbocycles. The molecule has 3 aromatic heterocycles. The zero-order valence-corrected chi connectivity index (χ0v) is 17.5. The molecule has 0 bridgehead atoms. The first kappa shape index (κ1) is 22.2. The summed E-state index contributed by atoms with van der Waals surface area (Å²) < 4.78 is 54.8. The number of amides is 1. The molecule has 7 nitrogen and oxygen atoms in total. The molecule has 0 fully saturated rings. The maximum absolute atomic E-state index is 13.4. The van der Waals surface area contributed by atoms with E-state index in [4.69, 9.17) is 0 Å². The molecule has 1 N–H and O–H groups in total. The topological polar surface area (TPSA) is 77.6 Å². The van der Waals surface area contributed by atoms with Crippen LogP contribution < -0.4 is 5.32 Å². The molecular formula is C22H18F4N6O. The first-order valence-electron chi connectivity index (χ1n) is 9.77. The van der Waals surface area contributed by atoms with Crippen LogP contribution in [-0.2, 0) is 13.2 Å². The molecule has 0 spiro atoms. The van der Waals surface area contributed by atoms with E-state index in [9.17, 15) is 22.4 Å². The number of carbonyl (C=O) groups excluding carboxylic acids is 1. The Morgan fingerprint density at radius 2 is 1.79 bits per heavy atom. The van der Waals surface area contributed by atoms with E-state index in [1.165, 1.54) is 29.1 Å². The van der Waals surface area contributed by atoms with Gasteiger partial charge in [-0.15, -0.1) is 0 Å². The minimum Gasteiger partial charge on any atom is -0.338 e. The van der Waals surface area contributed by atoms with Gasteiger partial charge in [0.05, 0.1) is 23.0 Å². The Morgan fingerprint density at radius 3 is 2.36 bits per heavy atom. The summed E-state index contributed by atoms with van der Waals surface area (Å²) in [6.07, 6.45) is 0.817. The number of hydrogen-bond acceptors (Lipinski definition) is 4. The Bertz CT molecular complexity index is 1280. The number of imidazole rings is 1. The van der Waals surface area contributed by atoms with E-state index in [1.54, 1.807) is 43.1 Å². The largest absolute Gasteiger partial charge is 0.417 e. The van der Waals surface area contributed by atoms with Gasteiger partial charge in [-0.2, -0.15) is 18.3 Å². The molecule has 170 valence electrons. The number of alkyl halides is 3. The third kappa shape index (κ3) is 4.47. The second kappa shape index (κ2) is 8.49. The zero-order valence-electron chi connectivity index (χ0n) is 17.5. The predicted octanol–water partition coefficient (Wildman–Crippen LogP) is 3.99. The van der Waals surface area contributed by atoms with Crippen molar-refractivity contribution in [2.75, 3.05) is 0 Å². The minimum absolute atomic E-state index is 0.138. The first-order valence-corrected chi connectivity index (χ1v) is 9.77. The van der Waals surface area contributed by atoms with Crippen LogP contribution in [0.3, 0.4) is 0 Å². The molecule has 3 heterocycles. The summed E-state index contributed by atoms with van der Waals surface area (Å²) in [7, 11) is 1.77. The van der Waals surface area contributed by atoms with Crippen molar-refractivity contribution in [3.05, 3.63) is 95.2 Å². The van der Waals surface area contributed by atoms with Crippen molar-refractivity contribution >= 4 is 5.91 Å². The number of hydrogen-bond donors (Lipinski definition) is 1. The molecule has 1 unspecified atom stereocenters. The van der Waals surface area contributed by atoms with Crippen LogP contribution in [0.1, 0.15) is 39.0 Å². The number of nitrogens with zero attached hydrogens (tertiary/aromatic N) is 5. The van der Waals surface area contributed by atoms with Crippen molar-refractivity contribution in [1.82, 2.24) is 29.6 Å². The Hall–Kier alpha value is -4.02. The standard InChI is InChI=1S/C22H18F4N6O/c1-13-17(12-29-32(13)18-8-5-15(11-28-18)22(24,25)26)21(33)30-19(20-27-9-10-31(20)2)14-3-6-16(23)7-4-14/h3-12,19H,1-2H3,(H,30,33). The highest BCUT2D eigenvalue weighted by Gasteiger charge is 2.31. The molecular weight excluding hydrogens is 440 g/mol. The summed E-state index contributed by atoms with van der Waals surface area (Å²) in [4.78, 5) is 21.2. The van der Waals surface area contributed by atoms with Crippen molar-refractivity contribution in [3.63, 3.8) is 0 Å². The maximum atomic E-state index is 13.4. The van der Waals surface area contributed by atoms with Crippen molar-refractivity contribution in [3.8, 4) is 5.82 Å². The van der Waals surface area contributed by atoms with E-state index >= 15 is 0 Å². The third-order valence-electron chi connectivity index (χ3n) is 5.14. The van der Waals surface area contributed by atoms with Crippen LogP contribution in [-0.4, -0.2) is 30.2 Å². The fourth-order valence-electron chi connectivity index (χ4n) is 3.36. The highest BCUT2D eigenvalue weighted by atomic mass is 19.4. The molecule has 33 heavy (non-hydrogen) atoms. The van der Waals surface area contributed by atoms with E-state index in [0.29, 0.717) is 23.3 Å². The Labute approximate surface area is 185 Å². The number of halogens is 4. The number of carbonyl (C=O) groups is 1. The van der Waals surface area contributed by atoms with Gasteiger partial charge < -0.3 is 9.88 Å². The SMILES string of the molecule is Cc1c(C(=O)NC(c2ccc(F)cc2)c2nccn2C)cnn1-c1ccc(C(F)(F)F)cn1. The van der Waals surface area contributed by atoms with Gasteiger partial charge in [-0.3, -0.25) is 4.79 Å². The molecule has 0 radical (unpaired) electrons. The van der Waals surface area contributed by atoms with Crippen molar-refractivity contribution in [2.45, 2.75) is 19.1 Å². The van der Waals surface area contributed by atoms with Crippen molar-refractivity contribution < 1.29 is 22.4 Å². The van der Waals surface area contributed by atoms with Crippen LogP contribution in [0.15, 0.2) is 61.2 Å². The lowest BCUT2D eigenvalue weighted by Crippen LogP contribution is -2.31. The van der Waals surface area contributed by atoms with Crippen molar-refractivity contribution in [1.29, 1.82) is 0 Å². The lowest BCUT2D eigenvalue weighted by atomic mass is 10.1. The first-order chi connectivity index (χ1) is 15.6. The Balaban J connectivity index is 1.63. The second-order valence-electron chi connectivity index (χ2n) is 7.31. The van der Waals surface area contributed by atoms with Gasteiger partial charge in [0.1, 0.15) is 17.7 Å². The average Bonchev–Trinajstić information content (AvgIpc) is 3.37. The van der Waals surface area contributed by atoms with Crippen LogP contribution in [0.25, 0.3) is 5.82 Å². The van der Waals surface area contributed by atoms with E-state index < -0.39 is 29.5 Å². The molecule has 4 aromatic rings. The van der Waals surface area contributed by atoms with Gasteiger partial charge >= 0.3 is 6.18 Å². The number of aryl methyl sites for hydroxylation is 1. The summed E-state index contributed by atoms with van der Waals surface area (Å²) in [5, 5.41) is 6.99. The molecule has 0 aliphatic carbocycles. The average molecular weight is 458 g/mol. The lowest BCUT2D eigenvalue weighted by molar-refractivity contribution is -0.137. The number of pyridine rings is 1. The van der Waals surface area contributed by atoms with Crippen LogP contribution in [0.2, 0.25) is 0 Å². The third-order valence-corrected chi connectivity index (χ3v) is 5.14. The summed E-state index contributed by atoms with van der Waals surface area (Å²) in [6, 6.07) is 7.09. The van der Waals surface area contributed by atoms with E-state index in [2.05, 4.69) is 20.4 Å². The second-order valence-corrected chi connectivity index (χ2v) is 7.31. The van der Waals surface area contributed by atoms with E-state index in [0.717, 1.165) is 6.07 Å². The number of rotatable bonds is 5. The van der Waals surface area contributed by atoms with Gasteiger partial charge in [-0.1, -0.05) is 12.1 Å². The summed E-state index contributed by atoms with van der Waals surface area (Å²) in [5.41, 5.74) is 0.329. The van der Waals surface area contributed by atoms with Gasteiger partial charge in [0.25, 0.3) is 5.91 Å². The molecule has 11 heteroatoms. The smallest absolute Gasteiger partial charge is 0.338 e. The summed E-state index contributed by atoms with van der Waals surface area (Å²) in [5.74, 6) is -0.226. The zero-order chi connectivity index (χ0) is 23.8. The lowest BCUT2D eigenvalue weighted by Gasteiger charge is -2.19. The maximum Gasteiger partial charge on any atom is 0.417 e. The van der Waals surface area contributed by atoms with Gasteiger partial charge in [-0.05, 0) is 36.8 Å². The van der Waals surface area contributed by atoms with Crippen molar-refractivity contribution in [2.24, 2.45) is 7.05 Å². The molecule has 1 amide bonds. The minimum atomic E-state index is -4.50. The fraction of sp³-hybridized carbons (Fsp3) is 0.182. The molecule has 0 aliphatic rings. The van der Waals surface area contributed by atoms with Crippen LogP contribution in [0.5, 0.6) is 0 Å². The molecule has 0 aliphatic heterocycles.